The van der Waals surface area contributed by atoms with Crippen LogP contribution in [0.3, 0.4) is 0 Å². The van der Waals surface area contributed by atoms with E-state index >= 15 is 0 Å². The molecule has 0 aliphatic heterocycles. The fourth-order valence-corrected chi connectivity index (χ4v) is 2.69. The number of carbonyl (C=O) groups is 1. The van der Waals surface area contributed by atoms with Crippen molar-refractivity contribution in [2.75, 3.05) is 0 Å². The first-order chi connectivity index (χ1) is 6.94. The van der Waals surface area contributed by atoms with Crippen LogP contribution in [0.2, 0.25) is 0 Å². The Morgan fingerprint density at radius 3 is 2.40 bits per heavy atom. The molecule has 80 valence electrons. The van der Waals surface area contributed by atoms with Crippen LogP contribution in [0.15, 0.2) is 6.07 Å². The molecular weight excluding hydrogens is 184 g/mol. The Bertz CT molecular complexity index is 427. The van der Waals surface area contributed by atoms with Gasteiger partial charge in [-0.15, -0.1) is 0 Å². The molecule has 2 rings (SSSR count). The third-order valence-electron chi connectivity index (χ3n) is 3.54. The van der Waals surface area contributed by atoms with Gasteiger partial charge in [0.25, 0.3) is 0 Å². The van der Waals surface area contributed by atoms with Gasteiger partial charge in [0.2, 0.25) is 0 Å². The van der Waals surface area contributed by atoms with E-state index in [1.165, 1.54) is 22.3 Å². The number of hydrogen-bond acceptors (Lipinski definition) is 1. The molecule has 1 aliphatic rings. The molecule has 15 heavy (non-hydrogen) atoms. The van der Waals surface area contributed by atoms with Crippen molar-refractivity contribution in [2.24, 2.45) is 5.41 Å². The summed E-state index contributed by atoms with van der Waals surface area (Å²) >= 11 is 0. The second-order valence-electron chi connectivity index (χ2n) is 5.50. The summed E-state index contributed by atoms with van der Waals surface area (Å²) in [7, 11) is 0. The lowest BCUT2D eigenvalue weighted by atomic mass is 9.90. The fraction of sp³-hybridized carbons (Fsp3) is 0.500. The zero-order valence-corrected chi connectivity index (χ0v) is 9.98. The zero-order chi connectivity index (χ0) is 11.2. The average molecular weight is 202 g/mol. The van der Waals surface area contributed by atoms with Crippen molar-refractivity contribution in [3.05, 3.63) is 33.9 Å². The van der Waals surface area contributed by atoms with Gasteiger partial charge in [-0.05, 0) is 60.4 Å². The first kappa shape index (κ1) is 10.4. The highest BCUT2D eigenvalue weighted by Crippen LogP contribution is 2.40. The summed E-state index contributed by atoms with van der Waals surface area (Å²) in [5.74, 6) is 0. The lowest BCUT2D eigenvalue weighted by Gasteiger charge is -2.15. The summed E-state index contributed by atoms with van der Waals surface area (Å²) < 4.78 is 0. The molecule has 0 aromatic heterocycles. The summed E-state index contributed by atoms with van der Waals surface area (Å²) in [4.78, 5) is 10.9. The van der Waals surface area contributed by atoms with Gasteiger partial charge in [0, 0.05) is 5.56 Å². The minimum absolute atomic E-state index is 0.360. The molecule has 0 amide bonds. The van der Waals surface area contributed by atoms with E-state index in [1.807, 2.05) is 6.07 Å². The highest BCUT2D eigenvalue weighted by molar-refractivity contribution is 5.79. The van der Waals surface area contributed by atoms with Gasteiger partial charge in [-0.25, -0.2) is 0 Å². The molecular formula is C14H18O. The molecule has 0 radical (unpaired) electrons. The third-order valence-corrected chi connectivity index (χ3v) is 3.54. The topological polar surface area (TPSA) is 17.1 Å². The molecule has 0 heterocycles. The molecule has 0 spiro atoms. The molecule has 1 aliphatic carbocycles. The SMILES string of the molecule is Cc1cc(C=O)c(C)c2c1CC(C)(C)C2. The molecule has 0 bridgehead atoms. The van der Waals surface area contributed by atoms with Crippen LogP contribution in [0.1, 0.15) is 46.5 Å². The number of fused-ring (bicyclic) bond motifs is 1. The van der Waals surface area contributed by atoms with Crippen molar-refractivity contribution in [1.82, 2.24) is 0 Å². The maximum Gasteiger partial charge on any atom is 0.150 e. The average Bonchev–Trinajstić information content (AvgIpc) is 2.48. The number of rotatable bonds is 1. The van der Waals surface area contributed by atoms with E-state index in [-0.39, 0.29) is 0 Å². The highest BCUT2D eigenvalue weighted by Gasteiger charge is 2.31. The molecule has 1 aromatic rings. The van der Waals surface area contributed by atoms with Gasteiger partial charge in [0.05, 0.1) is 0 Å². The second-order valence-corrected chi connectivity index (χ2v) is 5.50. The van der Waals surface area contributed by atoms with Gasteiger partial charge >= 0.3 is 0 Å². The van der Waals surface area contributed by atoms with Crippen molar-refractivity contribution in [2.45, 2.75) is 40.5 Å². The standard InChI is InChI=1S/C14H18O/c1-9-5-11(8-15)10(2)13-7-14(3,4)6-12(9)13/h5,8H,6-7H2,1-4H3. The molecule has 1 heteroatoms. The first-order valence-corrected chi connectivity index (χ1v) is 5.52. The van der Waals surface area contributed by atoms with Crippen LogP contribution >= 0.6 is 0 Å². The fourth-order valence-electron chi connectivity index (χ4n) is 2.69. The summed E-state index contributed by atoms with van der Waals surface area (Å²) in [6.45, 7) is 8.79. The minimum atomic E-state index is 0.360. The van der Waals surface area contributed by atoms with E-state index in [9.17, 15) is 4.79 Å². The minimum Gasteiger partial charge on any atom is -0.298 e. The van der Waals surface area contributed by atoms with Crippen molar-refractivity contribution in [1.29, 1.82) is 0 Å². The first-order valence-electron chi connectivity index (χ1n) is 5.52. The summed E-state index contributed by atoms with van der Waals surface area (Å²) in [6, 6.07) is 2.03. The summed E-state index contributed by atoms with van der Waals surface area (Å²) in [6.07, 6.45) is 3.23. The Morgan fingerprint density at radius 2 is 1.80 bits per heavy atom. The van der Waals surface area contributed by atoms with Gasteiger partial charge < -0.3 is 0 Å². The van der Waals surface area contributed by atoms with E-state index in [0.29, 0.717) is 5.41 Å². The predicted molar refractivity (Wildman–Crippen MR) is 62.5 cm³/mol. The molecule has 1 aromatic carbocycles. The molecule has 0 saturated carbocycles. The van der Waals surface area contributed by atoms with Gasteiger partial charge in [-0.3, -0.25) is 4.79 Å². The van der Waals surface area contributed by atoms with Crippen LogP contribution in [-0.4, -0.2) is 6.29 Å². The van der Waals surface area contributed by atoms with E-state index in [0.717, 1.165) is 24.7 Å². The van der Waals surface area contributed by atoms with Gasteiger partial charge in [0.15, 0.2) is 0 Å². The van der Waals surface area contributed by atoms with E-state index in [4.69, 9.17) is 0 Å². The lowest BCUT2D eigenvalue weighted by Crippen LogP contribution is -2.10. The second kappa shape index (κ2) is 3.19. The summed E-state index contributed by atoms with van der Waals surface area (Å²) in [5, 5.41) is 0. The van der Waals surface area contributed by atoms with Crippen LogP contribution < -0.4 is 0 Å². The number of aldehydes is 1. The number of hydrogen-bond donors (Lipinski definition) is 0. The van der Waals surface area contributed by atoms with Crippen LogP contribution in [0.25, 0.3) is 0 Å². The predicted octanol–water partition coefficient (Wildman–Crippen LogP) is 3.24. The van der Waals surface area contributed by atoms with Crippen molar-refractivity contribution in [3.63, 3.8) is 0 Å². The van der Waals surface area contributed by atoms with E-state index in [2.05, 4.69) is 27.7 Å². The molecule has 0 atom stereocenters. The summed E-state index contributed by atoms with van der Waals surface area (Å²) in [5.41, 5.74) is 6.59. The van der Waals surface area contributed by atoms with Crippen LogP contribution in [-0.2, 0) is 12.8 Å². The van der Waals surface area contributed by atoms with Crippen molar-refractivity contribution in [3.8, 4) is 0 Å². The largest absolute Gasteiger partial charge is 0.298 e. The van der Waals surface area contributed by atoms with Crippen molar-refractivity contribution >= 4 is 6.29 Å². The Kier molecular flexibility index (Phi) is 2.22. The highest BCUT2D eigenvalue weighted by atomic mass is 16.1. The molecule has 1 nitrogen and oxygen atoms in total. The number of aryl methyl sites for hydroxylation is 1. The Labute approximate surface area is 91.5 Å². The monoisotopic (exact) mass is 202 g/mol. The molecule has 0 N–H and O–H groups in total. The molecule has 0 saturated heterocycles. The van der Waals surface area contributed by atoms with Crippen molar-refractivity contribution < 1.29 is 4.79 Å². The van der Waals surface area contributed by atoms with E-state index < -0.39 is 0 Å². The van der Waals surface area contributed by atoms with Crippen LogP contribution in [0.5, 0.6) is 0 Å². The Morgan fingerprint density at radius 1 is 1.20 bits per heavy atom. The van der Waals surface area contributed by atoms with Gasteiger partial charge in [-0.2, -0.15) is 0 Å². The third kappa shape index (κ3) is 1.60. The normalized spacial score (nSPS) is 17.6. The van der Waals surface area contributed by atoms with Crippen LogP contribution in [0, 0.1) is 19.3 Å². The number of carbonyl (C=O) groups excluding carboxylic acids is 1. The number of benzene rings is 1. The van der Waals surface area contributed by atoms with Crippen LogP contribution in [0.4, 0.5) is 0 Å². The smallest absolute Gasteiger partial charge is 0.150 e. The zero-order valence-electron chi connectivity index (χ0n) is 9.98. The quantitative estimate of drug-likeness (QED) is 0.639. The Hall–Kier alpha value is -1.11. The molecule has 0 unspecified atom stereocenters. The van der Waals surface area contributed by atoms with Gasteiger partial charge in [-0.1, -0.05) is 13.8 Å². The lowest BCUT2D eigenvalue weighted by molar-refractivity contribution is 0.112. The Balaban J connectivity index is 2.63. The molecule has 0 fully saturated rings. The van der Waals surface area contributed by atoms with Gasteiger partial charge in [0.1, 0.15) is 6.29 Å². The maximum absolute atomic E-state index is 10.9. The maximum atomic E-state index is 10.9. The van der Waals surface area contributed by atoms with E-state index in [1.54, 1.807) is 0 Å².